The molecule has 1 aromatic heterocycles. The highest BCUT2D eigenvalue weighted by Gasteiger charge is 2.33. The fourth-order valence-corrected chi connectivity index (χ4v) is 3.29. The highest BCUT2D eigenvalue weighted by molar-refractivity contribution is 6.15. The molecule has 0 saturated carbocycles. The predicted octanol–water partition coefficient (Wildman–Crippen LogP) is 4.36. The van der Waals surface area contributed by atoms with Gasteiger partial charge in [-0.05, 0) is 25.1 Å². The van der Waals surface area contributed by atoms with Crippen molar-refractivity contribution in [2.24, 2.45) is 4.99 Å². The van der Waals surface area contributed by atoms with Crippen molar-refractivity contribution in [3.63, 3.8) is 0 Å². The third-order valence-corrected chi connectivity index (χ3v) is 4.52. The number of rotatable bonds is 2. The molecular formula is C20H14F3N3O. The summed E-state index contributed by atoms with van der Waals surface area (Å²) < 4.78 is 41.6. The van der Waals surface area contributed by atoms with Crippen molar-refractivity contribution in [1.82, 2.24) is 9.55 Å². The minimum atomic E-state index is -4.48. The third kappa shape index (κ3) is 2.85. The van der Waals surface area contributed by atoms with E-state index < -0.39 is 11.7 Å². The predicted molar refractivity (Wildman–Crippen MR) is 94.5 cm³/mol. The first kappa shape index (κ1) is 17.2. The van der Waals surface area contributed by atoms with E-state index in [2.05, 4.69) is 9.98 Å². The molecule has 0 aliphatic carbocycles. The number of hydrogen-bond donors (Lipinski definition) is 0. The van der Waals surface area contributed by atoms with Gasteiger partial charge in [-0.15, -0.1) is 0 Å². The molecule has 0 saturated heterocycles. The van der Waals surface area contributed by atoms with E-state index in [1.807, 2.05) is 6.07 Å². The lowest BCUT2D eigenvalue weighted by Gasteiger charge is -2.16. The Bertz CT molecular complexity index is 1070. The van der Waals surface area contributed by atoms with Crippen molar-refractivity contribution in [2.75, 3.05) is 0 Å². The van der Waals surface area contributed by atoms with Gasteiger partial charge < -0.3 is 0 Å². The molecule has 0 atom stereocenters. The van der Waals surface area contributed by atoms with E-state index in [4.69, 9.17) is 0 Å². The third-order valence-electron chi connectivity index (χ3n) is 4.52. The first-order chi connectivity index (χ1) is 12.9. The highest BCUT2D eigenvalue weighted by Crippen LogP contribution is 2.34. The molecule has 0 fully saturated rings. The molecule has 27 heavy (non-hydrogen) atoms. The van der Waals surface area contributed by atoms with Gasteiger partial charge >= 0.3 is 6.18 Å². The van der Waals surface area contributed by atoms with Crippen LogP contribution in [0.2, 0.25) is 0 Å². The summed E-state index contributed by atoms with van der Waals surface area (Å²) in [7, 11) is 0. The summed E-state index contributed by atoms with van der Waals surface area (Å²) in [6.45, 7) is 1.85. The van der Waals surface area contributed by atoms with E-state index in [1.54, 1.807) is 35.8 Å². The zero-order valence-electron chi connectivity index (χ0n) is 14.3. The van der Waals surface area contributed by atoms with Gasteiger partial charge in [-0.3, -0.25) is 14.4 Å². The fourth-order valence-electron chi connectivity index (χ4n) is 3.29. The molecule has 2 heterocycles. The second-order valence-corrected chi connectivity index (χ2v) is 6.21. The van der Waals surface area contributed by atoms with Gasteiger partial charge in [-0.2, -0.15) is 13.2 Å². The molecule has 7 heteroatoms. The number of benzene rings is 2. The maximum atomic E-state index is 13.3. The molecule has 0 unspecified atom stereocenters. The SMILES string of the molecule is Cc1nc2n(c1C=O)-c1ccc(C(F)(F)F)cc1C(c1ccccc1)=NC2. The van der Waals surface area contributed by atoms with Gasteiger partial charge in [-0.1, -0.05) is 30.3 Å². The van der Waals surface area contributed by atoms with Crippen LogP contribution in [0.15, 0.2) is 53.5 Å². The summed E-state index contributed by atoms with van der Waals surface area (Å²) in [5.74, 6) is 0.515. The lowest BCUT2D eigenvalue weighted by molar-refractivity contribution is -0.137. The molecule has 0 radical (unpaired) electrons. The molecule has 4 nitrogen and oxygen atoms in total. The van der Waals surface area contributed by atoms with Gasteiger partial charge in [0.1, 0.15) is 11.5 Å². The highest BCUT2D eigenvalue weighted by atomic mass is 19.4. The van der Waals surface area contributed by atoms with Crippen LogP contribution in [0.4, 0.5) is 13.2 Å². The van der Waals surface area contributed by atoms with Gasteiger partial charge in [0, 0.05) is 11.1 Å². The van der Waals surface area contributed by atoms with Crippen LogP contribution >= 0.6 is 0 Å². The Balaban J connectivity index is 2.04. The van der Waals surface area contributed by atoms with Crippen molar-refractivity contribution in [1.29, 1.82) is 0 Å². The average molecular weight is 369 g/mol. The average Bonchev–Trinajstić information content (AvgIpc) is 2.88. The van der Waals surface area contributed by atoms with Crippen molar-refractivity contribution in [3.8, 4) is 5.69 Å². The van der Waals surface area contributed by atoms with Gasteiger partial charge in [-0.25, -0.2) is 4.98 Å². The van der Waals surface area contributed by atoms with Gasteiger partial charge in [0.05, 0.1) is 29.2 Å². The van der Waals surface area contributed by atoms with E-state index in [-0.39, 0.29) is 6.54 Å². The zero-order valence-corrected chi connectivity index (χ0v) is 14.3. The van der Waals surface area contributed by atoms with Gasteiger partial charge in [0.2, 0.25) is 0 Å². The van der Waals surface area contributed by atoms with E-state index in [0.717, 1.165) is 12.1 Å². The minimum Gasteiger partial charge on any atom is -0.296 e. The number of nitrogens with zero attached hydrogens (tertiary/aromatic N) is 3. The van der Waals surface area contributed by atoms with Crippen LogP contribution < -0.4 is 0 Å². The van der Waals surface area contributed by atoms with Crippen LogP contribution in [0.1, 0.15) is 38.7 Å². The number of fused-ring (bicyclic) bond motifs is 3. The smallest absolute Gasteiger partial charge is 0.296 e. The normalized spacial score (nSPS) is 13.4. The quantitative estimate of drug-likeness (QED) is 0.630. The van der Waals surface area contributed by atoms with E-state index >= 15 is 0 Å². The molecule has 136 valence electrons. The van der Waals surface area contributed by atoms with Crippen LogP contribution in [-0.4, -0.2) is 21.5 Å². The first-order valence-corrected chi connectivity index (χ1v) is 8.25. The van der Waals surface area contributed by atoms with Crippen molar-refractivity contribution >= 4 is 12.0 Å². The summed E-state index contributed by atoms with van der Waals surface area (Å²) in [5.41, 5.74) is 1.98. The maximum absolute atomic E-state index is 13.3. The Kier molecular flexibility index (Phi) is 3.95. The van der Waals surface area contributed by atoms with Crippen molar-refractivity contribution in [2.45, 2.75) is 19.6 Å². The molecule has 4 rings (SSSR count). The number of alkyl halides is 3. The second-order valence-electron chi connectivity index (χ2n) is 6.21. The first-order valence-electron chi connectivity index (χ1n) is 8.25. The number of carbonyl (C=O) groups is 1. The standard InChI is InChI=1S/C20H14F3N3O/c1-12-17(11-27)26-16-8-7-14(20(21,22)23)9-15(16)19(24-10-18(26)25-12)13-5-3-2-4-6-13/h2-9,11H,10H2,1H3. The molecule has 1 aliphatic rings. The summed E-state index contributed by atoms with van der Waals surface area (Å²) in [6, 6.07) is 12.5. The number of aromatic nitrogens is 2. The molecule has 3 aromatic rings. The lowest BCUT2D eigenvalue weighted by Crippen LogP contribution is -2.13. The van der Waals surface area contributed by atoms with Crippen LogP contribution in [-0.2, 0) is 12.7 Å². The Morgan fingerprint density at radius 3 is 2.52 bits per heavy atom. The number of aryl methyl sites for hydroxylation is 1. The van der Waals surface area contributed by atoms with E-state index in [0.29, 0.717) is 46.0 Å². The molecule has 1 aliphatic heterocycles. The number of halogens is 3. The largest absolute Gasteiger partial charge is 0.416 e. The molecular weight excluding hydrogens is 355 g/mol. The van der Waals surface area contributed by atoms with E-state index in [1.165, 1.54) is 6.07 Å². The summed E-state index contributed by atoms with van der Waals surface area (Å²) in [6.07, 6.45) is -3.81. The molecule has 2 aromatic carbocycles. The number of imidazole rings is 1. The van der Waals surface area contributed by atoms with Crippen molar-refractivity contribution in [3.05, 3.63) is 82.4 Å². The number of aldehydes is 1. The summed E-state index contributed by atoms with van der Waals surface area (Å²) >= 11 is 0. The Hall–Kier alpha value is -3.22. The zero-order chi connectivity index (χ0) is 19.2. The molecule has 0 spiro atoms. The summed E-state index contributed by atoms with van der Waals surface area (Å²) in [4.78, 5) is 20.5. The van der Waals surface area contributed by atoms with E-state index in [9.17, 15) is 18.0 Å². The summed E-state index contributed by atoms with van der Waals surface area (Å²) in [5, 5.41) is 0. The molecule has 0 bridgehead atoms. The minimum absolute atomic E-state index is 0.162. The molecule has 0 amide bonds. The number of hydrogen-bond acceptors (Lipinski definition) is 3. The van der Waals surface area contributed by atoms with Crippen LogP contribution in [0.25, 0.3) is 5.69 Å². The molecule has 0 N–H and O–H groups in total. The van der Waals surface area contributed by atoms with Gasteiger partial charge in [0.15, 0.2) is 6.29 Å². The Labute approximate surface area is 153 Å². The monoisotopic (exact) mass is 369 g/mol. The van der Waals surface area contributed by atoms with Crippen LogP contribution in [0.5, 0.6) is 0 Å². The fraction of sp³-hybridized carbons (Fsp3) is 0.150. The maximum Gasteiger partial charge on any atom is 0.416 e. The topological polar surface area (TPSA) is 47.2 Å². The van der Waals surface area contributed by atoms with Crippen LogP contribution in [0, 0.1) is 6.92 Å². The number of carbonyl (C=O) groups excluding carboxylic acids is 1. The number of aliphatic imine (C=N–C) groups is 1. The van der Waals surface area contributed by atoms with Crippen molar-refractivity contribution < 1.29 is 18.0 Å². The Morgan fingerprint density at radius 1 is 1.11 bits per heavy atom. The van der Waals surface area contributed by atoms with Crippen LogP contribution in [0.3, 0.4) is 0 Å². The second kappa shape index (κ2) is 6.19. The lowest BCUT2D eigenvalue weighted by atomic mass is 9.98. The Morgan fingerprint density at radius 2 is 1.85 bits per heavy atom. The van der Waals surface area contributed by atoms with Gasteiger partial charge in [0.25, 0.3) is 0 Å².